The number of benzene rings is 2. The van der Waals surface area contributed by atoms with E-state index in [2.05, 4.69) is 5.32 Å². The van der Waals surface area contributed by atoms with Crippen LogP contribution in [0.5, 0.6) is 0 Å². The lowest BCUT2D eigenvalue weighted by atomic mass is 10.2. The molecule has 2 aromatic rings. The molecular weight excluding hydrogens is 317 g/mol. The van der Waals surface area contributed by atoms with Crippen molar-refractivity contribution < 1.29 is 4.79 Å². The summed E-state index contributed by atoms with van der Waals surface area (Å²) in [6.07, 6.45) is 3.04. The zero-order chi connectivity index (χ0) is 14.5. The van der Waals surface area contributed by atoms with Crippen molar-refractivity contribution in [3.63, 3.8) is 0 Å². The Morgan fingerprint density at radius 1 is 1.00 bits per heavy atom. The third kappa shape index (κ3) is 4.27. The molecule has 5 heteroatoms. The summed E-state index contributed by atoms with van der Waals surface area (Å²) in [5, 5.41) is 4.18. The van der Waals surface area contributed by atoms with Crippen LogP contribution in [0.2, 0.25) is 15.1 Å². The molecule has 0 saturated heterocycles. The second-order valence-corrected chi connectivity index (χ2v) is 5.28. The molecule has 0 spiro atoms. The van der Waals surface area contributed by atoms with Crippen LogP contribution in [0.4, 0.5) is 5.69 Å². The first-order valence-corrected chi connectivity index (χ1v) is 6.88. The molecule has 0 heterocycles. The van der Waals surface area contributed by atoms with Crippen LogP contribution in [-0.2, 0) is 4.79 Å². The molecule has 0 aliphatic rings. The second kappa shape index (κ2) is 6.80. The van der Waals surface area contributed by atoms with Gasteiger partial charge in [-0.3, -0.25) is 4.79 Å². The molecule has 0 saturated carbocycles. The van der Waals surface area contributed by atoms with Crippen LogP contribution >= 0.6 is 34.8 Å². The molecule has 1 N–H and O–H groups in total. The lowest BCUT2D eigenvalue weighted by Gasteiger charge is -2.03. The molecule has 1 amide bonds. The van der Waals surface area contributed by atoms with E-state index in [-0.39, 0.29) is 5.91 Å². The van der Waals surface area contributed by atoms with Crippen LogP contribution in [-0.4, -0.2) is 5.91 Å². The lowest BCUT2D eigenvalue weighted by Crippen LogP contribution is -2.07. The number of anilines is 1. The average molecular weight is 327 g/mol. The predicted molar refractivity (Wildman–Crippen MR) is 85.6 cm³/mol. The molecule has 0 atom stereocenters. The standard InChI is InChI=1S/C15H10Cl3NO/c16-11-7-12(17)9-13(8-11)19-15(20)6-5-10-3-1-2-4-14(10)18/h1-9H,(H,19,20). The zero-order valence-corrected chi connectivity index (χ0v) is 12.5. The molecule has 0 bridgehead atoms. The van der Waals surface area contributed by atoms with Crippen molar-refractivity contribution in [2.45, 2.75) is 0 Å². The summed E-state index contributed by atoms with van der Waals surface area (Å²) in [6, 6.07) is 12.1. The largest absolute Gasteiger partial charge is 0.322 e. The fourth-order valence-corrected chi connectivity index (χ4v) is 2.31. The average Bonchev–Trinajstić information content (AvgIpc) is 2.36. The molecule has 2 aromatic carbocycles. The van der Waals surface area contributed by atoms with Gasteiger partial charge in [-0.15, -0.1) is 0 Å². The van der Waals surface area contributed by atoms with Gasteiger partial charge in [0.1, 0.15) is 0 Å². The summed E-state index contributed by atoms with van der Waals surface area (Å²) in [5.41, 5.74) is 1.31. The number of nitrogens with one attached hydrogen (secondary N) is 1. The molecule has 0 radical (unpaired) electrons. The van der Waals surface area contributed by atoms with Crippen LogP contribution in [0.3, 0.4) is 0 Å². The first-order chi connectivity index (χ1) is 9.54. The number of carbonyl (C=O) groups excluding carboxylic acids is 1. The van der Waals surface area contributed by atoms with Crippen LogP contribution in [0.15, 0.2) is 48.5 Å². The minimum Gasteiger partial charge on any atom is -0.322 e. The number of carbonyl (C=O) groups is 1. The summed E-state index contributed by atoms with van der Waals surface area (Å²) in [6.45, 7) is 0. The van der Waals surface area contributed by atoms with Crippen molar-refractivity contribution in [3.8, 4) is 0 Å². The summed E-state index contributed by atoms with van der Waals surface area (Å²) in [4.78, 5) is 11.8. The van der Waals surface area contributed by atoms with Gasteiger partial charge < -0.3 is 5.32 Å². The highest BCUT2D eigenvalue weighted by Gasteiger charge is 2.02. The van der Waals surface area contributed by atoms with Gasteiger partial charge in [0.15, 0.2) is 0 Å². The number of hydrogen-bond acceptors (Lipinski definition) is 1. The van der Waals surface area contributed by atoms with Crippen molar-refractivity contribution in [1.29, 1.82) is 0 Å². The Morgan fingerprint density at radius 2 is 1.65 bits per heavy atom. The smallest absolute Gasteiger partial charge is 0.248 e. The zero-order valence-electron chi connectivity index (χ0n) is 10.2. The quantitative estimate of drug-likeness (QED) is 0.762. The molecule has 2 rings (SSSR count). The van der Waals surface area contributed by atoms with Gasteiger partial charge in [0.2, 0.25) is 5.91 Å². The number of amides is 1. The van der Waals surface area contributed by atoms with Crippen LogP contribution in [0.1, 0.15) is 5.56 Å². The van der Waals surface area contributed by atoms with E-state index in [9.17, 15) is 4.79 Å². The van der Waals surface area contributed by atoms with Gasteiger partial charge in [-0.2, -0.15) is 0 Å². The first kappa shape index (κ1) is 14.9. The van der Waals surface area contributed by atoms with Crippen molar-refractivity contribution in [1.82, 2.24) is 0 Å². The third-order valence-corrected chi connectivity index (χ3v) is 3.23. The highest BCUT2D eigenvalue weighted by atomic mass is 35.5. The van der Waals surface area contributed by atoms with E-state index < -0.39 is 0 Å². The van der Waals surface area contributed by atoms with Gasteiger partial charge in [-0.05, 0) is 35.9 Å². The highest BCUT2D eigenvalue weighted by Crippen LogP contribution is 2.22. The van der Waals surface area contributed by atoms with Crippen molar-refractivity contribution in [2.24, 2.45) is 0 Å². The van der Waals surface area contributed by atoms with E-state index in [0.717, 1.165) is 5.56 Å². The number of halogens is 3. The van der Waals surface area contributed by atoms with Crippen molar-refractivity contribution in [2.75, 3.05) is 5.32 Å². The van der Waals surface area contributed by atoms with E-state index in [1.807, 2.05) is 18.2 Å². The van der Waals surface area contributed by atoms with Gasteiger partial charge in [0.05, 0.1) is 0 Å². The summed E-state index contributed by atoms with van der Waals surface area (Å²) < 4.78 is 0. The number of rotatable bonds is 3. The first-order valence-electron chi connectivity index (χ1n) is 5.74. The fraction of sp³-hybridized carbons (Fsp3) is 0. The van der Waals surface area contributed by atoms with Gasteiger partial charge in [-0.1, -0.05) is 53.0 Å². The van der Waals surface area contributed by atoms with E-state index in [1.165, 1.54) is 6.08 Å². The van der Waals surface area contributed by atoms with Gasteiger partial charge in [0, 0.05) is 26.8 Å². The minimum atomic E-state index is -0.289. The number of hydrogen-bond donors (Lipinski definition) is 1. The van der Waals surface area contributed by atoms with E-state index in [0.29, 0.717) is 20.8 Å². The lowest BCUT2D eigenvalue weighted by molar-refractivity contribution is -0.111. The van der Waals surface area contributed by atoms with E-state index >= 15 is 0 Å². The summed E-state index contributed by atoms with van der Waals surface area (Å²) >= 11 is 17.7. The van der Waals surface area contributed by atoms with Crippen LogP contribution in [0, 0.1) is 0 Å². The molecule has 0 aliphatic carbocycles. The second-order valence-electron chi connectivity index (χ2n) is 4.00. The third-order valence-electron chi connectivity index (χ3n) is 2.45. The molecule has 0 unspecified atom stereocenters. The van der Waals surface area contributed by atoms with Crippen molar-refractivity contribution >= 4 is 52.5 Å². The predicted octanol–water partition coefficient (Wildman–Crippen LogP) is 5.30. The topological polar surface area (TPSA) is 29.1 Å². The molecule has 0 aliphatic heterocycles. The minimum absolute atomic E-state index is 0.289. The Balaban J connectivity index is 2.07. The van der Waals surface area contributed by atoms with Gasteiger partial charge >= 0.3 is 0 Å². The molecule has 0 aromatic heterocycles. The molecular formula is C15H10Cl3NO. The Hall–Kier alpha value is -1.48. The Morgan fingerprint density at radius 3 is 2.30 bits per heavy atom. The van der Waals surface area contributed by atoms with Crippen molar-refractivity contribution in [3.05, 3.63) is 69.2 Å². The molecule has 20 heavy (non-hydrogen) atoms. The highest BCUT2D eigenvalue weighted by molar-refractivity contribution is 6.35. The fourth-order valence-electron chi connectivity index (χ4n) is 1.59. The maximum absolute atomic E-state index is 11.8. The summed E-state index contributed by atoms with van der Waals surface area (Å²) in [7, 11) is 0. The maximum atomic E-state index is 11.8. The van der Waals surface area contributed by atoms with E-state index in [1.54, 1.807) is 30.3 Å². The Kier molecular flexibility index (Phi) is 5.07. The van der Waals surface area contributed by atoms with Gasteiger partial charge in [-0.25, -0.2) is 0 Å². The Bertz CT molecular complexity index is 648. The van der Waals surface area contributed by atoms with Crippen LogP contribution < -0.4 is 5.32 Å². The monoisotopic (exact) mass is 325 g/mol. The van der Waals surface area contributed by atoms with Crippen LogP contribution in [0.25, 0.3) is 6.08 Å². The Labute approximate surface area is 132 Å². The maximum Gasteiger partial charge on any atom is 0.248 e. The molecule has 102 valence electrons. The molecule has 2 nitrogen and oxygen atoms in total. The van der Waals surface area contributed by atoms with E-state index in [4.69, 9.17) is 34.8 Å². The normalized spacial score (nSPS) is 10.8. The van der Waals surface area contributed by atoms with Gasteiger partial charge in [0.25, 0.3) is 0 Å². The molecule has 0 fully saturated rings. The SMILES string of the molecule is O=C(C=Cc1ccccc1Cl)Nc1cc(Cl)cc(Cl)c1. The summed E-state index contributed by atoms with van der Waals surface area (Å²) in [5.74, 6) is -0.289.